The lowest BCUT2D eigenvalue weighted by molar-refractivity contribution is -0.146. The highest BCUT2D eigenvalue weighted by Gasteiger charge is 2.16. The predicted molar refractivity (Wildman–Crippen MR) is 45.5 cm³/mol. The quantitative estimate of drug-likeness (QED) is 0.731. The molecule has 0 saturated carbocycles. The maximum absolute atomic E-state index is 10.3. The molecule has 1 aromatic heterocycles. The zero-order chi connectivity index (χ0) is 10.0. The van der Waals surface area contributed by atoms with Crippen LogP contribution in [-0.2, 0) is 11.2 Å². The van der Waals surface area contributed by atoms with Crippen LogP contribution in [0.25, 0.3) is 0 Å². The third kappa shape index (κ3) is 2.32. The number of rotatable bonds is 3. The van der Waals surface area contributed by atoms with Crippen LogP contribution in [-0.4, -0.2) is 22.3 Å². The number of aliphatic carboxylic acids is 1. The van der Waals surface area contributed by atoms with Gasteiger partial charge in [-0.1, -0.05) is 0 Å². The van der Waals surface area contributed by atoms with Crippen LogP contribution in [0.2, 0.25) is 0 Å². The van der Waals surface area contributed by atoms with Gasteiger partial charge in [0.2, 0.25) is 0 Å². The van der Waals surface area contributed by atoms with Crippen molar-refractivity contribution in [2.45, 2.75) is 26.4 Å². The van der Waals surface area contributed by atoms with E-state index >= 15 is 0 Å². The Labute approximate surface area is 75.8 Å². The van der Waals surface area contributed by atoms with E-state index in [0.717, 1.165) is 11.3 Å². The molecule has 1 unspecified atom stereocenters. The predicted octanol–water partition coefficient (Wildman–Crippen LogP) is 0.884. The van der Waals surface area contributed by atoms with E-state index in [1.165, 1.54) is 0 Å². The number of aliphatic hydroxyl groups is 1. The van der Waals surface area contributed by atoms with Gasteiger partial charge in [0, 0.05) is 6.42 Å². The van der Waals surface area contributed by atoms with E-state index in [0.29, 0.717) is 5.76 Å². The first kappa shape index (κ1) is 9.80. The highest BCUT2D eigenvalue weighted by molar-refractivity contribution is 5.72. The zero-order valence-electron chi connectivity index (χ0n) is 7.57. The van der Waals surface area contributed by atoms with Crippen LogP contribution in [0.5, 0.6) is 0 Å². The minimum Gasteiger partial charge on any atom is -0.479 e. The fraction of sp³-hybridized carbons (Fsp3) is 0.444. The summed E-state index contributed by atoms with van der Waals surface area (Å²) in [6, 6.07) is 1.74. The lowest BCUT2D eigenvalue weighted by Crippen LogP contribution is -2.21. The van der Waals surface area contributed by atoms with Gasteiger partial charge in [0.05, 0.1) is 0 Å². The van der Waals surface area contributed by atoms with Crippen molar-refractivity contribution >= 4 is 5.97 Å². The van der Waals surface area contributed by atoms with Gasteiger partial charge in [-0.05, 0) is 25.5 Å². The van der Waals surface area contributed by atoms with Gasteiger partial charge in [-0.2, -0.15) is 0 Å². The average molecular weight is 184 g/mol. The Hall–Kier alpha value is -1.29. The molecule has 0 radical (unpaired) electrons. The molecular formula is C9H12O4. The lowest BCUT2D eigenvalue weighted by atomic mass is 10.1. The van der Waals surface area contributed by atoms with Crippen LogP contribution >= 0.6 is 0 Å². The summed E-state index contributed by atoms with van der Waals surface area (Å²) in [4.78, 5) is 10.3. The molecule has 4 nitrogen and oxygen atoms in total. The molecule has 0 bridgehead atoms. The van der Waals surface area contributed by atoms with Crippen molar-refractivity contribution < 1.29 is 19.4 Å². The van der Waals surface area contributed by atoms with Crippen molar-refractivity contribution in [3.63, 3.8) is 0 Å². The Kier molecular flexibility index (Phi) is 2.72. The summed E-state index contributed by atoms with van der Waals surface area (Å²) in [5, 5.41) is 17.5. The Morgan fingerprint density at radius 1 is 1.62 bits per heavy atom. The van der Waals surface area contributed by atoms with Gasteiger partial charge in [-0.25, -0.2) is 4.79 Å². The Morgan fingerprint density at radius 2 is 2.23 bits per heavy atom. The van der Waals surface area contributed by atoms with Crippen LogP contribution in [0.15, 0.2) is 10.5 Å². The summed E-state index contributed by atoms with van der Waals surface area (Å²) in [5.74, 6) is 0.182. The number of carbonyl (C=O) groups is 1. The monoisotopic (exact) mass is 184 g/mol. The van der Waals surface area contributed by atoms with Gasteiger partial charge in [-0.3, -0.25) is 0 Å². The molecule has 2 N–H and O–H groups in total. The van der Waals surface area contributed by atoms with Gasteiger partial charge in [-0.15, -0.1) is 0 Å². The van der Waals surface area contributed by atoms with Crippen LogP contribution in [0.3, 0.4) is 0 Å². The van der Waals surface area contributed by atoms with E-state index in [1.807, 2.05) is 0 Å². The van der Waals surface area contributed by atoms with Crippen molar-refractivity contribution in [3.8, 4) is 0 Å². The normalized spacial score (nSPS) is 12.8. The van der Waals surface area contributed by atoms with Gasteiger partial charge < -0.3 is 14.6 Å². The minimum atomic E-state index is -1.35. The highest BCUT2D eigenvalue weighted by Crippen LogP contribution is 2.15. The SMILES string of the molecule is Cc1cc(CC(O)C(=O)O)c(C)o1. The third-order valence-corrected chi connectivity index (χ3v) is 1.84. The van der Waals surface area contributed by atoms with Crippen LogP contribution < -0.4 is 0 Å². The fourth-order valence-electron chi connectivity index (χ4n) is 1.18. The van der Waals surface area contributed by atoms with E-state index in [-0.39, 0.29) is 6.42 Å². The minimum absolute atomic E-state index is 0.0957. The first-order chi connectivity index (χ1) is 6.00. The van der Waals surface area contributed by atoms with Crippen molar-refractivity contribution in [1.29, 1.82) is 0 Å². The summed E-state index contributed by atoms with van der Waals surface area (Å²) in [6.07, 6.45) is -1.26. The van der Waals surface area contributed by atoms with Crippen molar-refractivity contribution in [1.82, 2.24) is 0 Å². The van der Waals surface area contributed by atoms with Crippen molar-refractivity contribution in [2.24, 2.45) is 0 Å². The maximum Gasteiger partial charge on any atom is 0.332 e. The largest absolute Gasteiger partial charge is 0.479 e. The summed E-state index contributed by atoms with van der Waals surface area (Å²) in [7, 11) is 0. The second kappa shape index (κ2) is 3.62. The second-order valence-electron chi connectivity index (χ2n) is 3.00. The average Bonchev–Trinajstić information content (AvgIpc) is 2.30. The smallest absolute Gasteiger partial charge is 0.332 e. The number of carboxylic acids is 1. The molecule has 1 heterocycles. The second-order valence-corrected chi connectivity index (χ2v) is 3.00. The van der Waals surface area contributed by atoms with E-state index in [1.54, 1.807) is 19.9 Å². The van der Waals surface area contributed by atoms with Gasteiger partial charge in [0.1, 0.15) is 11.5 Å². The fourth-order valence-corrected chi connectivity index (χ4v) is 1.18. The number of aliphatic hydroxyl groups excluding tert-OH is 1. The van der Waals surface area contributed by atoms with Crippen molar-refractivity contribution in [3.05, 3.63) is 23.2 Å². The van der Waals surface area contributed by atoms with E-state index in [4.69, 9.17) is 14.6 Å². The molecule has 13 heavy (non-hydrogen) atoms. The maximum atomic E-state index is 10.3. The Morgan fingerprint density at radius 3 is 2.62 bits per heavy atom. The molecule has 1 rings (SSSR count). The highest BCUT2D eigenvalue weighted by atomic mass is 16.4. The van der Waals surface area contributed by atoms with Gasteiger partial charge in [0.15, 0.2) is 6.10 Å². The molecule has 0 aromatic carbocycles. The van der Waals surface area contributed by atoms with Crippen molar-refractivity contribution in [2.75, 3.05) is 0 Å². The number of carboxylic acid groups (broad SMARTS) is 1. The summed E-state index contributed by atoms with van der Waals surface area (Å²) in [5.41, 5.74) is 0.743. The molecule has 72 valence electrons. The molecule has 1 aromatic rings. The first-order valence-electron chi connectivity index (χ1n) is 3.97. The molecule has 0 aliphatic rings. The van der Waals surface area contributed by atoms with E-state index < -0.39 is 12.1 Å². The summed E-state index contributed by atoms with van der Waals surface area (Å²) in [6.45, 7) is 3.53. The number of aryl methyl sites for hydroxylation is 2. The third-order valence-electron chi connectivity index (χ3n) is 1.84. The topological polar surface area (TPSA) is 70.7 Å². The molecule has 0 aliphatic carbocycles. The molecule has 0 amide bonds. The number of hydrogen-bond acceptors (Lipinski definition) is 3. The lowest BCUT2D eigenvalue weighted by Gasteiger charge is -2.02. The van der Waals surface area contributed by atoms with Gasteiger partial charge >= 0.3 is 5.97 Å². The molecule has 4 heteroatoms. The number of furan rings is 1. The molecule has 1 atom stereocenters. The van der Waals surface area contributed by atoms with Crippen LogP contribution in [0.1, 0.15) is 17.1 Å². The van der Waals surface area contributed by atoms with Crippen LogP contribution in [0, 0.1) is 13.8 Å². The molecule has 0 spiro atoms. The van der Waals surface area contributed by atoms with Gasteiger partial charge in [0.25, 0.3) is 0 Å². The molecular weight excluding hydrogens is 172 g/mol. The summed E-state index contributed by atoms with van der Waals surface area (Å²) < 4.78 is 5.19. The van der Waals surface area contributed by atoms with E-state index in [2.05, 4.69) is 0 Å². The number of hydrogen-bond donors (Lipinski definition) is 2. The molecule has 0 saturated heterocycles. The first-order valence-corrected chi connectivity index (χ1v) is 3.97. The summed E-state index contributed by atoms with van der Waals surface area (Å²) >= 11 is 0. The van der Waals surface area contributed by atoms with E-state index in [9.17, 15) is 4.79 Å². The Balaban J connectivity index is 2.74. The molecule has 0 aliphatic heterocycles. The zero-order valence-corrected chi connectivity index (χ0v) is 7.57. The molecule has 0 fully saturated rings. The standard InChI is InChI=1S/C9H12O4/c1-5-3-7(6(2)13-5)4-8(10)9(11)12/h3,8,10H,4H2,1-2H3,(H,11,12). The Bertz CT molecular complexity index is 313. The van der Waals surface area contributed by atoms with Crippen LogP contribution in [0.4, 0.5) is 0 Å².